The lowest BCUT2D eigenvalue weighted by atomic mass is 9.73. The van der Waals surface area contributed by atoms with Gasteiger partial charge < -0.3 is 4.74 Å². The molecule has 12 aromatic rings. The fourth-order valence-electron chi connectivity index (χ4n) is 12.3. The molecular formula is C79H76N4O. The molecule has 9 aromatic carbocycles. The Balaban J connectivity index is 1.11. The Kier molecular flexibility index (Phi) is 14.1. The van der Waals surface area contributed by atoms with Gasteiger partial charge in [0.15, 0.2) is 0 Å². The second-order valence-corrected chi connectivity index (χ2v) is 26.4. The lowest BCUT2D eigenvalue weighted by Gasteiger charge is -2.35. The van der Waals surface area contributed by atoms with E-state index in [9.17, 15) is 0 Å². The quantitative estimate of drug-likeness (QED) is 0.0852. The van der Waals surface area contributed by atoms with Gasteiger partial charge in [-0.1, -0.05) is 247 Å². The monoisotopic (exact) mass is 1100 g/mol. The summed E-state index contributed by atoms with van der Waals surface area (Å²) < 4.78 is 14.3. The summed E-state index contributed by atoms with van der Waals surface area (Å²) in [7, 11) is 0. The van der Waals surface area contributed by atoms with Crippen LogP contribution in [0.3, 0.4) is 0 Å². The fourth-order valence-corrected chi connectivity index (χ4v) is 12.3. The number of hydrogen-bond acceptors (Lipinski definition) is 2. The van der Waals surface area contributed by atoms with Crippen LogP contribution in [0.25, 0.3) is 61.3 Å². The van der Waals surface area contributed by atoms with Crippen molar-refractivity contribution in [3.05, 3.63) is 294 Å². The first-order chi connectivity index (χ1) is 40.2. The van der Waals surface area contributed by atoms with Crippen LogP contribution < -0.4 is 9.30 Å². The molecule has 5 nitrogen and oxygen atoms in total. The molecule has 0 spiro atoms. The molecule has 0 aliphatic rings. The number of ether oxygens (including phenoxy) is 1. The Morgan fingerprint density at radius 3 is 1.51 bits per heavy atom. The van der Waals surface area contributed by atoms with Crippen LogP contribution in [0.5, 0.6) is 11.5 Å². The maximum Gasteiger partial charge on any atom is 0.269 e. The van der Waals surface area contributed by atoms with Crippen molar-refractivity contribution in [3.63, 3.8) is 0 Å². The van der Waals surface area contributed by atoms with Crippen LogP contribution in [-0.4, -0.2) is 14.1 Å². The molecule has 0 radical (unpaired) electrons. The normalized spacial score (nSPS) is 12.5. The van der Waals surface area contributed by atoms with Gasteiger partial charge in [-0.05, 0) is 133 Å². The number of nitrogens with zero attached hydrogens (tertiary/aromatic N) is 4. The highest BCUT2D eigenvalue weighted by Crippen LogP contribution is 2.45. The van der Waals surface area contributed by atoms with Crippen LogP contribution in [0, 0.1) is 6.33 Å². The van der Waals surface area contributed by atoms with E-state index >= 15 is 0 Å². The second-order valence-electron chi connectivity index (χ2n) is 26.4. The summed E-state index contributed by atoms with van der Waals surface area (Å²) >= 11 is 0. The van der Waals surface area contributed by atoms with Crippen molar-refractivity contribution in [3.8, 4) is 50.9 Å². The Labute approximate surface area is 497 Å². The van der Waals surface area contributed by atoms with Crippen LogP contribution in [0.4, 0.5) is 0 Å². The fraction of sp³-hybridized carbons (Fsp3) is 0.215. The molecule has 84 heavy (non-hydrogen) atoms. The summed E-state index contributed by atoms with van der Waals surface area (Å²) in [5.74, 6) is 2.29. The van der Waals surface area contributed by atoms with Gasteiger partial charge in [0.25, 0.3) is 6.33 Å². The molecule has 5 heteroatoms. The Morgan fingerprint density at radius 1 is 0.381 bits per heavy atom. The van der Waals surface area contributed by atoms with Crippen molar-refractivity contribution >= 4 is 21.8 Å². The van der Waals surface area contributed by atoms with Gasteiger partial charge in [0.1, 0.15) is 17.3 Å². The summed E-state index contributed by atoms with van der Waals surface area (Å²) in [4.78, 5) is 5.09. The van der Waals surface area contributed by atoms with E-state index < -0.39 is 10.8 Å². The molecule has 0 saturated carbocycles. The molecular weight excluding hydrogens is 1020 g/mol. The molecule has 0 N–H and O–H groups in total. The predicted octanol–water partition coefficient (Wildman–Crippen LogP) is 19.7. The van der Waals surface area contributed by atoms with Crippen molar-refractivity contribution in [1.82, 2.24) is 14.1 Å². The summed E-state index contributed by atoms with van der Waals surface area (Å²) in [6.45, 7) is 27.8. The van der Waals surface area contributed by atoms with Crippen molar-refractivity contribution in [1.29, 1.82) is 0 Å². The zero-order chi connectivity index (χ0) is 58.8. The molecule has 12 rings (SSSR count). The minimum absolute atomic E-state index is 0.0781. The van der Waals surface area contributed by atoms with E-state index in [1.807, 2.05) is 6.20 Å². The minimum atomic E-state index is -0.551. The van der Waals surface area contributed by atoms with E-state index in [-0.39, 0.29) is 16.2 Å². The Bertz CT molecular complexity index is 4340. The van der Waals surface area contributed by atoms with Crippen LogP contribution in [-0.2, 0) is 27.1 Å². The average molecular weight is 1100 g/mol. The van der Waals surface area contributed by atoms with Crippen LogP contribution in [0.1, 0.15) is 128 Å². The van der Waals surface area contributed by atoms with Gasteiger partial charge in [-0.15, -0.1) is 0 Å². The summed E-state index contributed by atoms with van der Waals surface area (Å²) in [6, 6.07) is 85.8. The predicted molar refractivity (Wildman–Crippen MR) is 349 cm³/mol. The Morgan fingerprint density at radius 2 is 0.929 bits per heavy atom. The third-order valence-corrected chi connectivity index (χ3v) is 17.5. The molecule has 0 aliphatic carbocycles. The van der Waals surface area contributed by atoms with Gasteiger partial charge in [-0.2, -0.15) is 0 Å². The van der Waals surface area contributed by atoms with E-state index in [1.165, 1.54) is 38.9 Å². The highest BCUT2D eigenvalue weighted by Gasteiger charge is 2.40. The maximum absolute atomic E-state index is 7.33. The maximum atomic E-state index is 7.33. The average Bonchev–Trinajstić information content (AvgIpc) is 1.76. The lowest BCUT2D eigenvalue weighted by Crippen LogP contribution is -2.43. The number of rotatable bonds is 13. The van der Waals surface area contributed by atoms with E-state index in [2.05, 4.69) is 340 Å². The number of hydrogen-bond donors (Lipinski definition) is 0. The summed E-state index contributed by atoms with van der Waals surface area (Å²) in [5.41, 5.74) is 16.6. The van der Waals surface area contributed by atoms with Gasteiger partial charge in [0, 0.05) is 39.3 Å². The molecule has 0 aliphatic heterocycles. The highest BCUT2D eigenvalue weighted by molar-refractivity contribution is 6.10. The van der Waals surface area contributed by atoms with Crippen molar-refractivity contribution in [2.75, 3.05) is 0 Å². The molecule has 3 heterocycles. The topological polar surface area (TPSA) is 35.9 Å². The summed E-state index contributed by atoms with van der Waals surface area (Å²) in [5, 5.41) is 2.29. The smallest absolute Gasteiger partial charge is 0.269 e. The van der Waals surface area contributed by atoms with Crippen LogP contribution in [0.2, 0.25) is 0 Å². The molecule has 3 aromatic heterocycles. The molecule has 0 bridgehead atoms. The van der Waals surface area contributed by atoms with E-state index in [4.69, 9.17) is 9.72 Å². The summed E-state index contributed by atoms with van der Waals surface area (Å²) in [6.07, 6.45) is 6.08. The van der Waals surface area contributed by atoms with Gasteiger partial charge in [-0.3, -0.25) is 13.7 Å². The van der Waals surface area contributed by atoms with E-state index in [1.54, 1.807) is 0 Å². The third-order valence-electron chi connectivity index (χ3n) is 17.5. The van der Waals surface area contributed by atoms with Gasteiger partial charge in [0.05, 0.1) is 33.8 Å². The number of benzene rings is 9. The van der Waals surface area contributed by atoms with Crippen molar-refractivity contribution in [2.24, 2.45) is 0 Å². The molecule has 0 saturated heterocycles. The molecule has 418 valence electrons. The lowest BCUT2D eigenvalue weighted by molar-refractivity contribution is -0.611. The van der Waals surface area contributed by atoms with Crippen molar-refractivity contribution < 1.29 is 9.30 Å². The minimum Gasteiger partial charge on any atom is -0.458 e. The van der Waals surface area contributed by atoms with Gasteiger partial charge in [0.2, 0.25) is 0 Å². The van der Waals surface area contributed by atoms with E-state index in [0.717, 1.165) is 67.1 Å². The standard InChI is InChI=1S/C79H76N4O/c1-75(2,3)61-42-43-80-72(50-61)83-70-41-38-62(77(7,8)58-32-22-15-23-33-58)49-69(70)68-40-39-66(52-71(68)83)84-67-47-57(55-30-20-14-21-31-55)46-65(51-67)82-53-81(64-45-56(54-28-18-13-19-29-54)44-63(48-64)76(4,5)6)73(78(9,10)59-34-24-16-25-35-59)74(82)79(11,12)60-36-26-17-27-37-60/h13-52H,1-12H3. The molecule has 0 fully saturated rings. The highest BCUT2D eigenvalue weighted by atomic mass is 16.5. The SMILES string of the molecule is CC(C)(C)c1cc(-c2ccccc2)cc(-[n+]2[c-]n(-c3cc(Oc4ccc5c6cc(C(C)(C)c7ccccc7)ccc6n(-c6cc(C(C)(C)C)ccn6)c5c4)cc(-c4ccccc4)c3)c(C(C)(C)c3ccccc3)c2C(C)(C)c2ccccc2)c1. The zero-order valence-corrected chi connectivity index (χ0v) is 50.8. The molecule has 0 amide bonds. The van der Waals surface area contributed by atoms with Crippen LogP contribution >= 0.6 is 0 Å². The number of imidazole rings is 1. The zero-order valence-electron chi connectivity index (χ0n) is 50.8. The third kappa shape index (κ3) is 10.4. The molecule has 0 atom stereocenters. The first kappa shape index (κ1) is 55.5. The van der Waals surface area contributed by atoms with E-state index in [0.29, 0.717) is 11.5 Å². The number of pyridine rings is 1. The van der Waals surface area contributed by atoms with Gasteiger partial charge >= 0.3 is 0 Å². The first-order valence-corrected chi connectivity index (χ1v) is 29.6. The van der Waals surface area contributed by atoms with Crippen LogP contribution in [0.15, 0.2) is 243 Å². The largest absolute Gasteiger partial charge is 0.458 e. The number of aromatic nitrogens is 4. The van der Waals surface area contributed by atoms with Crippen molar-refractivity contribution in [2.45, 2.75) is 110 Å². The Hall–Kier alpha value is -9.06. The second kappa shape index (κ2) is 21.3. The molecule has 0 unspecified atom stereocenters. The van der Waals surface area contributed by atoms with Gasteiger partial charge in [-0.25, -0.2) is 4.98 Å². The first-order valence-electron chi connectivity index (χ1n) is 29.6. The number of fused-ring (bicyclic) bond motifs is 3.